The lowest BCUT2D eigenvalue weighted by Crippen LogP contribution is -2.34. The van der Waals surface area contributed by atoms with Gasteiger partial charge in [-0.2, -0.15) is 10.4 Å². The number of rotatable bonds is 34. The Morgan fingerprint density at radius 1 is 0.841 bits per heavy atom. The number of halogens is 1. The van der Waals surface area contributed by atoms with Crippen molar-refractivity contribution in [3.05, 3.63) is 77.2 Å². The third kappa shape index (κ3) is 18.6. The van der Waals surface area contributed by atoms with Gasteiger partial charge in [0.1, 0.15) is 41.3 Å². The normalized spacial score (nSPS) is 14.0. The lowest BCUT2D eigenvalue weighted by atomic mass is 10.00. The minimum absolute atomic E-state index is 0.109. The van der Waals surface area contributed by atoms with Crippen LogP contribution in [0.1, 0.15) is 161 Å². The number of fused-ring (bicyclic) bond motifs is 1. The van der Waals surface area contributed by atoms with Crippen molar-refractivity contribution in [3.63, 3.8) is 0 Å². The van der Waals surface area contributed by atoms with Gasteiger partial charge in [-0.3, -0.25) is 9.05 Å². The molecule has 2 aromatic heterocycles. The summed E-state index contributed by atoms with van der Waals surface area (Å²) >= 11 is 6.48. The number of hydrogen-bond donors (Lipinski definition) is 1. The average molecular weight is 911 g/mol. The number of phosphoric acid groups is 1. The van der Waals surface area contributed by atoms with Crippen molar-refractivity contribution >= 4 is 30.8 Å². The summed E-state index contributed by atoms with van der Waals surface area (Å²) in [6, 6.07) is 17.9. The number of ether oxygens (including phenoxy) is 3. The molecule has 12 nitrogen and oxygen atoms in total. The van der Waals surface area contributed by atoms with Crippen LogP contribution in [-0.4, -0.2) is 52.7 Å². The standard InChI is InChI=1S/C49H73ClN5O7P/c1-6-7-8-9-10-11-12-13-14-15-16-17-18-19-20-21-22-25-43(61-42-30-28-40(35-51)47(34-42)60-39(2)3)36-58-63(56,62-46-27-24-23-26-44(46)50)59-37-49(4,57-5)33-32-41-29-31-45-48(52)53-38-54-55(41)45/h23-24,26-31,34,38-39,43H,6-22,25,32-33,36-37H2,1-5H3,(H2,52,53,54)/t43-,49+,63?/m1/s1. The number of methoxy groups -OCH3 is 1. The van der Waals surface area contributed by atoms with Gasteiger partial charge in [0.05, 0.1) is 35.5 Å². The molecule has 0 aliphatic carbocycles. The Balaban J connectivity index is 1.36. The summed E-state index contributed by atoms with van der Waals surface area (Å²) in [4.78, 5) is 4.08. The average Bonchev–Trinajstić information content (AvgIpc) is 3.70. The topological polar surface area (TPSA) is 152 Å². The summed E-state index contributed by atoms with van der Waals surface area (Å²) in [5.74, 6) is 1.48. The van der Waals surface area contributed by atoms with E-state index in [2.05, 4.69) is 23.1 Å². The van der Waals surface area contributed by atoms with Gasteiger partial charge in [-0.25, -0.2) is 14.1 Å². The van der Waals surface area contributed by atoms with Crippen molar-refractivity contribution < 1.29 is 32.3 Å². The molecule has 3 atom stereocenters. The number of aromatic nitrogens is 3. The maximum absolute atomic E-state index is 14.7. The molecule has 0 bridgehead atoms. The van der Waals surface area contributed by atoms with Crippen LogP contribution in [0.3, 0.4) is 0 Å². The number of nitrogen functional groups attached to an aromatic ring is 1. The summed E-state index contributed by atoms with van der Waals surface area (Å²) in [5, 5.41) is 14.3. The Hall–Kier alpha value is -3.85. The number of nitrogens with zero attached hydrogens (tertiary/aromatic N) is 4. The van der Waals surface area contributed by atoms with E-state index in [1.165, 1.54) is 96.2 Å². The Kier molecular flexibility index (Phi) is 23.1. The van der Waals surface area contributed by atoms with Crippen molar-refractivity contribution in [1.29, 1.82) is 5.26 Å². The number of nitrogens with two attached hydrogens (primary N) is 1. The van der Waals surface area contributed by atoms with E-state index in [-0.39, 0.29) is 30.1 Å². The van der Waals surface area contributed by atoms with Gasteiger partial charge in [-0.05, 0) is 82.9 Å². The molecular formula is C49H73ClN5O7P. The molecule has 0 fully saturated rings. The molecule has 2 heterocycles. The Morgan fingerprint density at radius 3 is 2.08 bits per heavy atom. The second-order valence-corrected chi connectivity index (χ2v) is 19.1. The summed E-state index contributed by atoms with van der Waals surface area (Å²) in [7, 11) is -2.76. The maximum Gasteiger partial charge on any atom is 0.530 e. The van der Waals surface area contributed by atoms with Gasteiger partial charge in [0.25, 0.3) is 0 Å². The van der Waals surface area contributed by atoms with E-state index in [1.54, 1.807) is 54.1 Å². The van der Waals surface area contributed by atoms with Crippen molar-refractivity contribution in [3.8, 4) is 23.3 Å². The molecule has 2 aromatic carbocycles. The van der Waals surface area contributed by atoms with Gasteiger partial charge >= 0.3 is 7.82 Å². The molecule has 348 valence electrons. The van der Waals surface area contributed by atoms with Crippen molar-refractivity contribution in [2.24, 2.45) is 0 Å². The third-order valence-corrected chi connectivity index (χ3v) is 13.0. The molecule has 4 rings (SSSR count). The number of hydrogen-bond acceptors (Lipinski definition) is 11. The predicted molar refractivity (Wildman–Crippen MR) is 253 cm³/mol. The van der Waals surface area contributed by atoms with Gasteiger partial charge in [0.2, 0.25) is 0 Å². The largest absolute Gasteiger partial charge is 0.530 e. The van der Waals surface area contributed by atoms with Crippen LogP contribution in [0.4, 0.5) is 5.82 Å². The molecule has 63 heavy (non-hydrogen) atoms. The van der Waals surface area contributed by atoms with Gasteiger partial charge in [-0.15, -0.1) is 0 Å². The summed E-state index contributed by atoms with van der Waals surface area (Å²) < 4.78 is 53.1. The van der Waals surface area contributed by atoms with E-state index >= 15 is 0 Å². The summed E-state index contributed by atoms with van der Waals surface area (Å²) in [5.41, 5.74) is 7.18. The molecule has 4 aromatic rings. The number of aryl methyl sites for hydroxylation is 1. The lowest BCUT2D eigenvalue weighted by Gasteiger charge is -2.30. The molecule has 2 N–H and O–H groups in total. The van der Waals surface area contributed by atoms with Crippen LogP contribution in [0.5, 0.6) is 17.2 Å². The second kappa shape index (κ2) is 28.1. The maximum atomic E-state index is 14.7. The first-order chi connectivity index (χ1) is 30.5. The number of anilines is 1. The Morgan fingerprint density at radius 2 is 1.48 bits per heavy atom. The lowest BCUT2D eigenvalue weighted by molar-refractivity contribution is -0.0448. The van der Waals surface area contributed by atoms with E-state index in [0.717, 1.165) is 25.0 Å². The number of nitriles is 1. The summed E-state index contributed by atoms with van der Waals surface area (Å²) in [6.07, 6.45) is 24.2. The fraction of sp³-hybridized carbons (Fsp3) is 0.612. The van der Waals surface area contributed by atoms with Crippen LogP contribution < -0.4 is 19.7 Å². The molecule has 0 saturated heterocycles. The van der Waals surface area contributed by atoms with Gasteiger partial charge in [-0.1, -0.05) is 133 Å². The smallest absolute Gasteiger partial charge is 0.489 e. The number of para-hydroxylation sites is 1. The fourth-order valence-electron chi connectivity index (χ4n) is 7.43. The number of phosphoric ester groups is 1. The quantitative estimate of drug-likeness (QED) is 0.0352. The molecular weight excluding hydrogens is 837 g/mol. The molecule has 0 radical (unpaired) electrons. The first-order valence-corrected chi connectivity index (χ1v) is 25.1. The molecule has 0 amide bonds. The minimum Gasteiger partial charge on any atom is -0.489 e. The van der Waals surface area contributed by atoms with E-state index in [9.17, 15) is 9.83 Å². The monoisotopic (exact) mass is 909 g/mol. The number of benzene rings is 2. The first kappa shape index (κ1) is 51.8. The highest BCUT2D eigenvalue weighted by molar-refractivity contribution is 7.49. The van der Waals surface area contributed by atoms with Crippen LogP contribution in [0.15, 0.2) is 60.9 Å². The highest BCUT2D eigenvalue weighted by Gasteiger charge is 2.36. The van der Waals surface area contributed by atoms with E-state index in [4.69, 9.17) is 45.1 Å². The summed E-state index contributed by atoms with van der Waals surface area (Å²) in [6.45, 7) is 7.72. The van der Waals surface area contributed by atoms with Crippen molar-refractivity contribution in [2.45, 2.75) is 174 Å². The van der Waals surface area contributed by atoms with Crippen LogP contribution >= 0.6 is 19.4 Å². The highest BCUT2D eigenvalue weighted by Crippen LogP contribution is 2.52. The highest BCUT2D eigenvalue weighted by atomic mass is 35.5. The van der Waals surface area contributed by atoms with Crippen molar-refractivity contribution in [2.75, 3.05) is 26.1 Å². The molecule has 0 spiro atoms. The molecule has 14 heteroatoms. The zero-order valence-electron chi connectivity index (χ0n) is 38.5. The molecule has 1 unspecified atom stereocenters. The van der Waals surface area contributed by atoms with Crippen LogP contribution in [0.2, 0.25) is 5.02 Å². The third-order valence-electron chi connectivity index (χ3n) is 11.3. The van der Waals surface area contributed by atoms with E-state index in [1.807, 2.05) is 32.9 Å². The van der Waals surface area contributed by atoms with Crippen LogP contribution in [0, 0.1) is 11.3 Å². The number of unbranched alkanes of at least 4 members (excludes halogenated alkanes) is 16. The van der Waals surface area contributed by atoms with E-state index in [0.29, 0.717) is 47.7 Å². The first-order valence-electron chi connectivity index (χ1n) is 23.3. The van der Waals surface area contributed by atoms with Crippen LogP contribution in [-0.2, 0) is 24.8 Å². The van der Waals surface area contributed by atoms with Gasteiger partial charge in [0.15, 0.2) is 5.82 Å². The fourth-order valence-corrected chi connectivity index (χ4v) is 9.01. The minimum atomic E-state index is -4.34. The second-order valence-electron chi connectivity index (χ2n) is 17.1. The van der Waals surface area contributed by atoms with Crippen molar-refractivity contribution in [1.82, 2.24) is 14.6 Å². The van der Waals surface area contributed by atoms with E-state index < -0.39 is 19.5 Å². The molecule has 0 saturated carbocycles. The molecule has 0 aliphatic rings. The molecule has 0 aliphatic heterocycles. The van der Waals surface area contributed by atoms with Gasteiger partial charge < -0.3 is 24.5 Å². The van der Waals surface area contributed by atoms with Crippen LogP contribution in [0.25, 0.3) is 5.52 Å². The zero-order chi connectivity index (χ0) is 45.3. The Labute approximate surface area is 382 Å². The Bertz CT molecular complexity index is 2010. The van der Waals surface area contributed by atoms with Gasteiger partial charge in [0, 0.05) is 18.9 Å². The zero-order valence-corrected chi connectivity index (χ0v) is 40.2. The SMILES string of the molecule is CCCCCCCCCCCCCCCCCCC[C@H](COP(=O)(OC[C@](C)(CCc1ccc2c(N)ncnn12)OC)Oc1ccccc1Cl)Oc1ccc(C#N)c(OC(C)C)c1. The predicted octanol–water partition coefficient (Wildman–Crippen LogP) is 13.7.